The highest BCUT2D eigenvalue weighted by Gasteiger charge is 2.17. The first kappa shape index (κ1) is 17.1. The van der Waals surface area contributed by atoms with E-state index >= 15 is 0 Å². The number of amides is 1. The van der Waals surface area contributed by atoms with E-state index in [1.165, 1.54) is 12.8 Å². The molecule has 25 heavy (non-hydrogen) atoms. The predicted molar refractivity (Wildman–Crippen MR) is 99.8 cm³/mol. The molecule has 0 bridgehead atoms. The molecular formula is C20H24N2O3. The molecule has 0 aliphatic carbocycles. The van der Waals surface area contributed by atoms with Crippen molar-refractivity contribution in [3.8, 4) is 11.5 Å². The van der Waals surface area contributed by atoms with E-state index in [9.17, 15) is 4.79 Å². The van der Waals surface area contributed by atoms with Crippen LogP contribution in [0.2, 0.25) is 0 Å². The Morgan fingerprint density at radius 2 is 1.84 bits per heavy atom. The normalized spacial score (nSPS) is 13.6. The zero-order valence-electron chi connectivity index (χ0n) is 14.7. The Kier molecular flexibility index (Phi) is 5.43. The van der Waals surface area contributed by atoms with Gasteiger partial charge < -0.3 is 19.7 Å². The smallest absolute Gasteiger partial charge is 0.228 e. The van der Waals surface area contributed by atoms with Crippen LogP contribution in [0.1, 0.15) is 18.4 Å². The van der Waals surface area contributed by atoms with Crippen molar-refractivity contribution in [2.45, 2.75) is 19.3 Å². The number of nitrogens with one attached hydrogen (secondary N) is 1. The van der Waals surface area contributed by atoms with Crippen molar-refractivity contribution in [2.75, 3.05) is 37.5 Å². The summed E-state index contributed by atoms with van der Waals surface area (Å²) in [5, 5.41) is 3.05. The lowest BCUT2D eigenvalue weighted by molar-refractivity contribution is -0.115. The van der Waals surface area contributed by atoms with Crippen molar-refractivity contribution in [3.05, 3.63) is 48.0 Å². The minimum atomic E-state index is -0.0711. The standard InChI is InChI=1S/C20H24N2O3/c1-24-16-9-10-19(25-2)15(13-16)14-20(23)21-17-7-3-4-8-18(17)22-11-5-6-12-22/h3-4,7-10,13H,5-6,11-12,14H2,1-2H3,(H,21,23). The molecule has 5 nitrogen and oxygen atoms in total. The summed E-state index contributed by atoms with van der Waals surface area (Å²) in [5.41, 5.74) is 2.75. The van der Waals surface area contributed by atoms with Gasteiger partial charge in [-0.2, -0.15) is 0 Å². The lowest BCUT2D eigenvalue weighted by atomic mass is 10.1. The van der Waals surface area contributed by atoms with E-state index < -0.39 is 0 Å². The van der Waals surface area contributed by atoms with Crippen LogP contribution in [0.3, 0.4) is 0 Å². The first-order valence-corrected chi connectivity index (χ1v) is 8.56. The molecule has 1 amide bonds. The third-order valence-corrected chi connectivity index (χ3v) is 4.46. The molecule has 1 heterocycles. The summed E-state index contributed by atoms with van der Waals surface area (Å²) < 4.78 is 10.6. The third kappa shape index (κ3) is 4.05. The first-order valence-electron chi connectivity index (χ1n) is 8.56. The van der Waals surface area contributed by atoms with Crippen LogP contribution in [0.4, 0.5) is 11.4 Å². The van der Waals surface area contributed by atoms with Crippen LogP contribution < -0.4 is 19.7 Å². The molecule has 3 rings (SSSR count). The molecule has 132 valence electrons. The molecule has 0 spiro atoms. The average molecular weight is 340 g/mol. The summed E-state index contributed by atoms with van der Waals surface area (Å²) in [5.74, 6) is 1.32. The summed E-state index contributed by atoms with van der Waals surface area (Å²) in [6.07, 6.45) is 2.63. The summed E-state index contributed by atoms with van der Waals surface area (Å²) in [7, 11) is 3.21. The number of nitrogens with zero attached hydrogens (tertiary/aromatic N) is 1. The maximum atomic E-state index is 12.6. The number of hydrogen-bond donors (Lipinski definition) is 1. The van der Waals surface area contributed by atoms with Crippen LogP contribution in [0.15, 0.2) is 42.5 Å². The Bertz CT molecular complexity index is 739. The molecule has 1 saturated heterocycles. The monoisotopic (exact) mass is 340 g/mol. The SMILES string of the molecule is COc1ccc(OC)c(CC(=O)Nc2ccccc2N2CCCC2)c1. The van der Waals surface area contributed by atoms with Crippen LogP contribution >= 0.6 is 0 Å². The summed E-state index contributed by atoms with van der Waals surface area (Å²) in [6.45, 7) is 2.08. The summed E-state index contributed by atoms with van der Waals surface area (Å²) in [4.78, 5) is 14.9. The van der Waals surface area contributed by atoms with Crippen LogP contribution in [0.5, 0.6) is 11.5 Å². The molecule has 1 aliphatic heterocycles. The minimum Gasteiger partial charge on any atom is -0.497 e. The zero-order valence-corrected chi connectivity index (χ0v) is 14.7. The Morgan fingerprint density at radius 3 is 2.56 bits per heavy atom. The maximum Gasteiger partial charge on any atom is 0.228 e. The molecule has 0 aromatic heterocycles. The summed E-state index contributed by atoms with van der Waals surface area (Å²) in [6, 6.07) is 13.4. The fraction of sp³-hybridized carbons (Fsp3) is 0.350. The molecule has 1 fully saturated rings. The van der Waals surface area contributed by atoms with Crippen LogP contribution in [-0.2, 0) is 11.2 Å². The Balaban J connectivity index is 1.75. The predicted octanol–water partition coefficient (Wildman–Crippen LogP) is 3.49. The van der Waals surface area contributed by atoms with Crippen molar-refractivity contribution in [2.24, 2.45) is 0 Å². The van der Waals surface area contributed by atoms with Gasteiger partial charge in [0.25, 0.3) is 0 Å². The minimum absolute atomic E-state index is 0.0711. The van der Waals surface area contributed by atoms with E-state index in [0.29, 0.717) is 11.5 Å². The molecule has 0 atom stereocenters. The molecular weight excluding hydrogens is 316 g/mol. The van der Waals surface area contributed by atoms with E-state index in [4.69, 9.17) is 9.47 Å². The largest absolute Gasteiger partial charge is 0.497 e. The lowest BCUT2D eigenvalue weighted by Crippen LogP contribution is -2.21. The molecule has 2 aromatic rings. The van der Waals surface area contributed by atoms with Crippen LogP contribution in [0, 0.1) is 0 Å². The fourth-order valence-electron chi connectivity index (χ4n) is 3.20. The number of anilines is 2. The van der Waals surface area contributed by atoms with Gasteiger partial charge in [0.2, 0.25) is 5.91 Å². The number of hydrogen-bond acceptors (Lipinski definition) is 4. The number of ether oxygens (including phenoxy) is 2. The topological polar surface area (TPSA) is 50.8 Å². The van der Waals surface area contributed by atoms with Gasteiger partial charge in [-0.25, -0.2) is 0 Å². The average Bonchev–Trinajstić information content (AvgIpc) is 3.16. The maximum absolute atomic E-state index is 12.6. The van der Waals surface area contributed by atoms with Gasteiger partial charge in [0.05, 0.1) is 32.0 Å². The van der Waals surface area contributed by atoms with Crippen LogP contribution in [-0.4, -0.2) is 33.2 Å². The van der Waals surface area contributed by atoms with Crippen molar-refractivity contribution in [1.82, 2.24) is 0 Å². The van der Waals surface area contributed by atoms with Gasteiger partial charge in [-0.15, -0.1) is 0 Å². The number of carbonyl (C=O) groups is 1. The van der Waals surface area contributed by atoms with Gasteiger partial charge in [-0.05, 0) is 43.2 Å². The third-order valence-electron chi connectivity index (χ3n) is 4.46. The second-order valence-corrected chi connectivity index (χ2v) is 6.11. The zero-order chi connectivity index (χ0) is 17.6. The van der Waals surface area contributed by atoms with E-state index in [1.54, 1.807) is 14.2 Å². The number of benzene rings is 2. The van der Waals surface area contributed by atoms with E-state index in [2.05, 4.69) is 16.3 Å². The Morgan fingerprint density at radius 1 is 1.08 bits per heavy atom. The highest BCUT2D eigenvalue weighted by molar-refractivity contribution is 5.96. The Hall–Kier alpha value is -2.69. The van der Waals surface area contributed by atoms with Crippen molar-refractivity contribution < 1.29 is 14.3 Å². The first-order chi connectivity index (χ1) is 12.2. The molecule has 2 aromatic carbocycles. The number of methoxy groups -OCH3 is 2. The highest BCUT2D eigenvalue weighted by atomic mass is 16.5. The highest BCUT2D eigenvalue weighted by Crippen LogP contribution is 2.29. The van der Waals surface area contributed by atoms with Crippen molar-refractivity contribution in [3.63, 3.8) is 0 Å². The molecule has 0 radical (unpaired) electrons. The summed E-state index contributed by atoms with van der Waals surface area (Å²) >= 11 is 0. The van der Waals surface area contributed by atoms with Gasteiger partial charge in [0.15, 0.2) is 0 Å². The molecule has 0 unspecified atom stereocenters. The molecule has 1 N–H and O–H groups in total. The number of rotatable bonds is 6. The quantitative estimate of drug-likeness (QED) is 0.875. The fourth-order valence-corrected chi connectivity index (χ4v) is 3.20. The molecule has 0 saturated carbocycles. The second-order valence-electron chi connectivity index (χ2n) is 6.11. The molecule has 5 heteroatoms. The second kappa shape index (κ2) is 7.92. The number of carbonyl (C=O) groups excluding carboxylic acids is 1. The van der Waals surface area contributed by atoms with Gasteiger partial charge >= 0.3 is 0 Å². The van der Waals surface area contributed by atoms with Crippen LogP contribution in [0.25, 0.3) is 0 Å². The van der Waals surface area contributed by atoms with Gasteiger partial charge in [-0.3, -0.25) is 4.79 Å². The van der Waals surface area contributed by atoms with Crippen molar-refractivity contribution in [1.29, 1.82) is 0 Å². The van der Waals surface area contributed by atoms with Crippen molar-refractivity contribution >= 4 is 17.3 Å². The Labute approximate surface area is 148 Å². The lowest BCUT2D eigenvalue weighted by Gasteiger charge is -2.21. The molecule has 1 aliphatic rings. The number of para-hydroxylation sites is 2. The van der Waals surface area contributed by atoms with E-state index in [0.717, 1.165) is 30.0 Å². The van der Waals surface area contributed by atoms with Gasteiger partial charge in [0, 0.05) is 18.7 Å². The van der Waals surface area contributed by atoms with Gasteiger partial charge in [-0.1, -0.05) is 12.1 Å². The van der Waals surface area contributed by atoms with Gasteiger partial charge in [0.1, 0.15) is 11.5 Å². The van der Waals surface area contributed by atoms with E-state index in [1.807, 2.05) is 36.4 Å². The van der Waals surface area contributed by atoms with E-state index in [-0.39, 0.29) is 12.3 Å².